The lowest BCUT2D eigenvalue weighted by atomic mass is 9.85. The number of aryl methyl sites for hydroxylation is 2. The lowest BCUT2D eigenvalue weighted by Gasteiger charge is -2.23. The third-order valence-electron chi connectivity index (χ3n) is 3.81. The fraction of sp³-hybridized carbons (Fsp3) is 0.368. The Morgan fingerprint density at radius 2 is 1.42 bits per heavy atom. The molecule has 2 aromatic rings. The summed E-state index contributed by atoms with van der Waals surface area (Å²) in [6, 6.07) is 8.01. The van der Waals surface area contributed by atoms with Gasteiger partial charge in [0.1, 0.15) is 5.75 Å². The second kappa shape index (κ2) is 6.40. The number of phenols is 1. The number of rotatable bonds is 2. The summed E-state index contributed by atoms with van der Waals surface area (Å²) >= 11 is 0. The quantitative estimate of drug-likeness (QED) is 0.756. The van der Waals surface area contributed by atoms with Gasteiger partial charge in [-0.05, 0) is 42.3 Å². The van der Waals surface area contributed by atoms with Crippen molar-refractivity contribution in [1.82, 2.24) is 0 Å². The highest BCUT2D eigenvalue weighted by Crippen LogP contribution is 2.36. The van der Waals surface area contributed by atoms with Crippen LogP contribution in [0.2, 0.25) is 0 Å². The Kier molecular flexibility index (Phi) is 5.01. The molecular formula is C19H22F3OP. The first-order valence-corrected chi connectivity index (χ1v) is 8.68. The third-order valence-corrected chi connectivity index (χ3v) is 5.17. The van der Waals surface area contributed by atoms with Crippen molar-refractivity contribution in [3.05, 3.63) is 52.6 Å². The van der Waals surface area contributed by atoms with Crippen LogP contribution in [0.3, 0.4) is 0 Å². The molecule has 0 radical (unpaired) electrons. The van der Waals surface area contributed by atoms with Gasteiger partial charge in [0, 0.05) is 10.9 Å². The molecule has 0 saturated heterocycles. The van der Waals surface area contributed by atoms with Gasteiger partial charge in [-0.2, -0.15) is 13.2 Å². The van der Waals surface area contributed by atoms with Gasteiger partial charge < -0.3 is 5.11 Å². The molecule has 0 bridgehead atoms. The molecule has 0 aromatic heterocycles. The van der Waals surface area contributed by atoms with Crippen molar-refractivity contribution in [2.75, 3.05) is 0 Å². The molecular weight excluding hydrogens is 332 g/mol. The van der Waals surface area contributed by atoms with Gasteiger partial charge >= 0.3 is 6.18 Å². The van der Waals surface area contributed by atoms with Crippen LogP contribution in [-0.2, 0) is 11.6 Å². The number of aromatic hydroxyl groups is 1. The molecule has 1 N–H and O–H groups in total. The van der Waals surface area contributed by atoms with Gasteiger partial charge in [-0.15, -0.1) is 0 Å². The summed E-state index contributed by atoms with van der Waals surface area (Å²) < 4.78 is 40.0. The second-order valence-electron chi connectivity index (χ2n) is 7.13. The largest absolute Gasteiger partial charge is 0.507 e. The number of phenolic OH excluding ortho intramolecular Hbond substituents is 1. The van der Waals surface area contributed by atoms with E-state index in [1.807, 2.05) is 33.8 Å². The van der Waals surface area contributed by atoms with E-state index in [9.17, 15) is 18.3 Å². The summed E-state index contributed by atoms with van der Waals surface area (Å²) in [6.07, 6.45) is -4.40. The maximum Gasteiger partial charge on any atom is 0.417 e. The molecule has 0 saturated carbocycles. The van der Waals surface area contributed by atoms with Crippen molar-refractivity contribution >= 4 is 19.2 Å². The standard InChI is InChI=1S/C19H22F3OP/c1-11-6-7-15(13(8-11)19(20,21)22)24-16-10-12(2)9-14(17(16)23)18(3,4)5/h6-10,23-24H,1-5H3. The Morgan fingerprint density at radius 3 is 1.96 bits per heavy atom. The number of alkyl halides is 3. The highest BCUT2D eigenvalue weighted by atomic mass is 31.1. The molecule has 0 aliphatic rings. The van der Waals surface area contributed by atoms with E-state index >= 15 is 0 Å². The summed E-state index contributed by atoms with van der Waals surface area (Å²) in [7, 11) is -0.254. The topological polar surface area (TPSA) is 20.2 Å². The van der Waals surface area contributed by atoms with E-state index in [4.69, 9.17) is 0 Å². The maximum absolute atomic E-state index is 13.3. The molecule has 1 nitrogen and oxygen atoms in total. The van der Waals surface area contributed by atoms with E-state index in [-0.39, 0.29) is 25.0 Å². The summed E-state index contributed by atoms with van der Waals surface area (Å²) in [5.41, 5.74) is 1.35. The molecule has 2 aromatic carbocycles. The Morgan fingerprint density at radius 1 is 0.833 bits per heavy atom. The molecule has 24 heavy (non-hydrogen) atoms. The fourth-order valence-corrected chi connectivity index (χ4v) is 3.95. The predicted octanol–water partition coefficient (Wildman–Crippen LogP) is 4.95. The summed E-state index contributed by atoms with van der Waals surface area (Å²) in [5.74, 6) is 0.0973. The first-order valence-electron chi connectivity index (χ1n) is 7.68. The van der Waals surface area contributed by atoms with Crippen LogP contribution in [-0.4, -0.2) is 5.11 Å². The van der Waals surface area contributed by atoms with Crippen LogP contribution in [0.1, 0.15) is 43.0 Å². The minimum atomic E-state index is -4.40. The van der Waals surface area contributed by atoms with Gasteiger partial charge in [-0.1, -0.05) is 53.1 Å². The van der Waals surface area contributed by atoms with Crippen LogP contribution in [0.5, 0.6) is 5.75 Å². The smallest absolute Gasteiger partial charge is 0.417 e. The molecule has 0 aliphatic heterocycles. The van der Waals surface area contributed by atoms with Gasteiger partial charge in [0.05, 0.1) is 5.56 Å². The second-order valence-corrected chi connectivity index (χ2v) is 8.46. The van der Waals surface area contributed by atoms with Crippen LogP contribution in [0.15, 0.2) is 30.3 Å². The van der Waals surface area contributed by atoms with Crippen LogP contribution in [0, 0.1) is 13.8 Å². The Hall–Kier alpha value is -1.54. The zero-order chi connectivity index (χ0) is 18.3. The normalized spacial score (nSPS) is 13.0. The van der Waals surface area contributed by atoms with E-state index in [0.29, 0.717) is 10.9 Å². The van der Waals surface area contributed by atoms with E-state index in [1.165, 1.54) is 12.1 Å². The molecule has 2 rings (SSSR count). The first kappa shape index (κ1) is 18.8. The van der Waals surface area contributed by atoms with Crippen LogP contribution in [0.4, 0.5) is 13.2 Å². The third kappa shape index (κ3) is 4.10. The zero-order valence-corrected chi connectivity index (χ0v) is 15.5. The van der Waals surface area contributed by atoms with Crippen LogP contribution in [0.25, 0.3) is 0 Å². The number of hydrogen-bond donors (Lipinski definition) is 1. The molecule has 0 heterocycles. The fourth-order valence-electron chi connectivity index (χ4n) is 2.59. The molecule has 130 valence electrons. The van der Waals surface area contributed by atoms with E-state index in [0.717, 1.165) is 11.1 Å². The monoisotopic (exact) mass is 354 g/mol. The average molecular weight is 354 g/mol. The molecule has 5 heteroatoms. The number of halogens is 3. The van der Waals surface area contributed by atoms with Crippen molar-refractivity contribution in [1.29, 1.82) is 0 Å². The van der Waals surface area contributed by atoms with Gasteiger partial charge in [-0.25, -0.2) is 0 Å². The zero-order valence-electron chi connectivity index (χ0n) is 14.5. The summed E-state index contributed by atoms with van der Waals surface area (Å²) in [6.45, 7) is 9.46. The number of hydrogen-bond acceptors (Lipinski definition) is 1. The van der Waals surface area contributed by atoms with Crippen molar-refractivity contribution in [2.24, 2.45) is 0 Å². The first-order chi connectivity index (χ1) is 10.9. The molecule has 1 atom stereocenters. The van der Waals surface area contributed by atoms with Crippen LogP contribution >= 0.6 is 8.58 Å². The van der Waals surface area contributed by atoms with E-state index in [1.54, 1.807) is 19.1 Å². The predicted molar refractivity (Wildman–Crippen MR) is 95.3 cm³/mol. The molecule has 0 spiro atoms. The summed E-state index contributed by atoms with van der Waals surface area (Å²) in [4.78, 5) is 0. The number of benzene rings is 2. The molecule has 1 unspecified atom stereocenters. The van der Waals surface area contributed by atoms with Crippen molar-refractivity contribution in [2.45, 2.75) is 46.2 Å². The maximum atomic E-state index is 13.3. The highest BCUT2D eigenvalue weighted by Gasteiger charge is 2.33. The SMILES string of the molecule is Cc1cc(Pc2ccc(C)cc2C(F)(F)F)c(O)c(C(C)(C)C)c1. The van der Waals surface area contributed by atoms with Gasteiger partial charge in [0.2, 0.25) is 0 Å². The summed E-state index contributed by atoms with van der Waals surface area (Å²) in [5, 5.41) is 11.3. The average Bonchev–Trinajstić information content (AvgIpc) is 2.42. The molecule has 0 amide bonds. The van der Waals surface area contributed by atoms with Crippen molar-refractivity contribution in [3.63, 3.8) is 0 Å². The lowest BCUT2D eigenvalue weighted by molar-refractivity contribution is -0.136. The highest BCUT2D eigenvalue weighted by molar-refractivity contribution is 7.55. The van der Waals surface area contributed by atoms with Crippen molar-refractivity contribution in [3.8, 4) is 5.75 Å². The minimum Gasteiger partial charge on any atom is -0.507 e. The van der Waals surface area contributed by atoms with E-state index < -0.39 is 11.7 Å². The Labute approximate surface area is 142 Å². The Balaban J connectivity index is 2.56. The van der Waals surface area contributed by atoms with Gasteiger partial charge in [0.15, 0.2) is 0 Å². The van der Waals surface area contributed by atoms with E-state index in [2.05, 4.69) is 0 Å². The van der Waals surface area contributed by atoms with Crippen molar-refractivity contribution < 1.29 is 18.3 Å². The van der Waals surface area contributed by atoms with Gasteiger partial charge in [-0.3, -0.25) is 0 Å². The molecule has 0 fully saturated rings. The molecule has 0 aliphatic carbocycles. The van der Waals surface area contributed by atoms with Gasteiger partial charge in [0.25, 0.3) is 0 Å². The minimum absolute atomic E-state index is 0.0973. The van der Waals surface area contributed by atoms with Crippen LogP contribution < -0.4 is 10.6 Å². The lowest BCUT2D eigenvalue weighted by Crippen LogP contribution is -2.20. The Bertz CT molecular complexity index is 758.